The van der Waals surface area contributed by atoms with Crippen molar-refractivity contribution in [2.45, 2.75) is 61.8 Å². The molecule has 1 heterocycles. The first-order valence-corrected chi connectivity index (χ1v) is 10.7. The van der Waals surface area contributed by atoms with Crippen molar-refractivity contribution in [1.82, 2.24) is 15.6 Å². The fraction of sp³-hybridized carbons (Fsp3) is 0.500. The number of benzene rings is 1. The van der Waals surface area contributed by atoms with E-state index in [4.69, 9.17) is 4.74 Å². The zero-order valence-electron chi connectivity index (χ0n) is 17.7. The van der Waals surface area contributed by atoms with E-state index in [1.54, 1.807) is 0 Å². The molecule has 1 aromatic heterocycles. The number of carbonyl (C=O) groups is 2. The number of nitrogens with zero attached hydrogens (tertiary/aromatic N) is 1. The number of pyridine rings is 1. The Morgan fingerprint density at radius 3 is 2.35 bits per heavy atom. The summed E-state index contributed by atoms with van der Waals surface area (Å²) < 4.78 is 72.7. The van der Waals surface area contributed by atoms with E-state index >= 15 is 0 Å². The number of nitrogens with one attached hydrogen (secondary N) is 2. The summed E-state index contributed by atoms with van der Waals surface area (Å²) in [6, 6.07) is 4.87. The monoisotopic (exact) mass is 485 g/mol. The molecular weight excluding hydrogens is 465 g/mol. The molecule has 0 atom stereocenters. The Morgan fingerprint density at radius 2 is 1.68 bits per heavy atom. The molecule has 2 aromatic rings. The van der Waals surface area contributed by atoms with Crippen LogP contribution in [0.2, 0.25) is 0 Å². The Morgan fingerprint density at radius 1 is 1.00 bits per heavy atom. The molecule has 4 aliphatic rings. The second-order valence-electron chi connectivity index (χ2n) is 9.31. The van der Waals surface area contributed by atoms with Gasteiger partial charge in [-0.2, -0.15) is 0 Å². The molecular formula is C22H20F5N3O4. The highest BCUT2D eigenvalue weighted by molar-refractivity contribution is 5.96. The fourth-order valence-electron chi connectivity index (χ4n) is 5.09. The van der Waals surface area contributed by atoms with E-state index in [-0.39, 0.29) is 42.0 Å². The van der Waals surface area contributed by atoms with Crippen LogP contribution in [0.3, 0.4) is 0 Å². The Balaban J connectivity index is 1.06. The second-order valence-corrected chi connectivity index (χ2v) is 9.31. The van der Waals surface area contributed by atoms with Gasteiger partial charge in [0.25, 0.3) is 5.91 Å². The average Bonchev–Trinajstić information content (AvgIpc) is 2.68. The predicted molar refractivity (Wildman–Crippen MR) is 106 cm³/mol. The molecule has 6 rings (SSSR count). The first-order chi connectivity index (χ1) is 15.9. The van der Waals surface area contributed by atoms with E-state index in [1.165, 1.54) is 18.2 Å². The van der Waals surface area contributed by atoms with E-state index in [0.717, 1.165) is 6.07 Å². The number of rotatable bonds is 7. The van der Waals surface area contributed by atoms with Gasteiger partial charge in [0.2, 0.25) is 5.91 Å². The molecule has 4 saturated carbocycles. The predicted octanol–water partition coefficient (Wildman–Crippen LogP) is 3.12. The number of amides is 2. The van der Waals surface area contributed by atoms with Crippen LogP contribution in [0, 0.1) is 11.6 Å². The van der Waals surface area contributed by atoms with Crippen LogP contribution in [0.15, 0.2) is 24.3 Å². The van der Waals surface area contributed by atoms with Crippen LogP contribution in [-0.2, 0) is 14.3 Å². The molecule has 34 heavy (non-hydrogen) atoms. The number of hydrogen-bond donors (Lipinski definition) is 2. The Labute approximate surface area is 190 Å². The summed E-state index contributed by atoms with van der Waals surface area (Å²) in [6.45, 7) is -0.261. The fourth-order valence-corrected chi connectivity index (χ4v) is 5.09. The van der Waals surface area contributed by atoms with Gasteiger partial charge >= 0.3 is 6.36 Å². The van der Waals surface area contributed by atoms with Crippen molar-refractivity contribution in [2.24, 2.45) is 0 Å². The Bertz CT molecular complexity index is 1150. The highest BCUT2D eigenvalue weighted by atomic mass is 19.4. The summed E-state index contributed by atoms with van der Waals surface area (Å²) >= 11 is 0. The Hall–Kier alpha value is -2.86. The van der Waals surface area contributed by atoms with Crippen molar-refractivity contribution in [3.63, 3.8) is 0 Å². The van der Waals surface area contributed by atoms with Gasteiger partial charge in [-0.3, -0.25) is 14.3 Å². The van der Waals surface area contributed by atoms with Crippen LogP contribution >= 0.6 is 0 Å². The topological polar surface area (TPSA) is 89.5 Å². The number of aromatic nitrogens is 1. The van der Waals surface area contributed by atoms with Crippen molar-refractivity contribution in [1.29, 1.82) is 0 Å². The lowest BCUT2D eigenvalue weighted by Gasteiger charge is -2.70. The molecule has 4 fully saturated rings. The van der Waals surface area contributed by atoms with Crippen LogP contribution < -0.4 is 10.6 Å². The number of ether oxygens (including phenoxy) is 2. The zero-order chi connectivity index (χ0) is 24.3. The molecule has 2 N–H and O–H groups in total. The van der Waals surface area contributed by atoms with Crippen molar-refractivity contribution in [2.75, 3.05) is 6.61 Å². The number of carbonyl (C=O) groups excluding carboxylic acids is 2. The second kappa shape index (κ2) is 7.84. The zero-order valence-corrected chi connectivity index (χ0v) is 17.7. The molecule has 2 bridgehead atoms. The van der Waals surface area contributed by atoms with Crippen LogP contribution in [0.4, 0.5) is 22.0 Å². The van der Waals surface area contributed by atoms with Gasteiger partial charge in [-0.25, -0.2) is 13.8 Å². The molecule has 2 amide bonds. The van der Waals surface area contributed by atoms with Crippen LogP contribution in [-0.4, -0.2) is 53.1 Å². The Kier molecular flexibility index (Phi) is 5.28. The number of hydrogen-bond acceptors (Lipinski definition) is 5. The highest BCUT2D eigenvalue weighted by Crippen LogP contribution is 2.60. The van der Waals surface area contributed by atoms with Gasteiger partial charge in [0.15, 0.2) is 11.6 Å². The smallest absolute Gasteiger partial charge is 0.368 e. The number of alkyl halides is 3. The molecule has 0 saturated heterocycles. The molecule has 0 unspecified atom stereocenters. The lowest BCUT2D eigenvalue weighted by molar-refractivity contribution is -0.357. The van der Waals surface area contributed by atoms with Gasteiger partial charge in [0.1, 0.15) is 12.3 Å². The van der Waals surface area contributed by atoms with E-state index in [1.807, 2.05) is 0 Å². The normalized spacial score (nSPS) is 29.6. The minimum absolute atomic E-state index is 0.0174. The van der Waals surface area contributed by atoms with Crippen LogP contribution in [0.1, 0.15) is 42.6 Å². The lowest BCUT2D eigenvalue weighted by atomic mass is 9.44. The molecule has 0 aliphatic heterocycles. The van der Waals surface area contributed by atoms with E-state index in [0.29, 0.717) is 19.3 Å². The number of fused-ring (bicyclic) bond motifs is 1. The minimum Gasteiger partial charge on any atom is -0.368 e. The van der Waals surface area contributed by atoms with Gasteiger partial charge in [0, 0.05) is 29.3 Å². The standard InChI is InChI=1S/C22H20F5N3O4/c23-14-2-4-15-13(18(14)24)1-3-16(28-15)19(32)30-21-8-20(9-21,10-21)29-17(31)7-33-11-5-12(6-11)34-22(25,26)27/h1-4,11-12H,5-10H2,(H,29,31)(H,30,32)/t11-,12+,20?,21?. The van der Waals surface area contributed by atoms with Crippen molar-refractivity contribution < 1.29 is 41.0 Å². The summed E-state index contributed by atoms with van der Waals surface area (Å²) in [4.78, 5) is 28.9. The van der Waals surface area contributed by atoms with Crippen molar-refractivity contribution >= 4 is 22.7 Å². The van der Waals surface area contributed by atoms with Gasteiger partial charge < -0.3 is 15.4 Å². The van der Waals surface area contributed by atoms with Crippen LogP contribution in [0.25, 0.3) is 10.9 Å². The summed E-state index contributed by atoms with van der Waals surface area (Å²) in [7, 11) is 0. The molecule has 0 radical (unpaired) electrons. The maximum atomic E-state index is 13.8. The van der Waals surface area contributed by atoms with Crippen molar-refractivity contribution in [3.8, 4) is 0 Å². The molecule has 12 heteroatoms. The average molecular weight is 485 g/mol. The lowest BCUT2D eigenvalue weighted by Crippen LogP contribution is -2.84. The maximum Gasteiger partial charge on any atom is 0.522 e. The third-order valence-electron chi connectivity index (χ3n) is 6.61. The summed E-state index contributed by atoms with van der Waals surface area (Å²) in [5, 5.41) is 5.75. The molecule has 0 spiro atoms. The van der Waals surface area contributed by atoms with E-state index in [2.05, 4.69) is 20.4 Å². The third-order valence-corrected chi connectivity index (χ3v) is 6.61. The van der Waals surface area contributed by atoms with E-state index in [9.17, 15) is 31.5 Å². The quantitative estimate of drug-likeness (QED) is 0.589. The van der Waals surface area contributed by atoms with Gasteiger partial charge in [-0.1, -0.05) is 0 Å². The van der Waals surface area contributed by atoms with Gasteiger partial charge in [-0.15, -0.1) is 13.2 Å². The summed E-state index contributed by atoms with van der Waals surface area (Å²) in [5.74, 6) is -2.84. The molecule has 7 nitrogen and oxygen atoms in total. The van der Waals surface area contributed by atoms with Gasteiger partial charge in [-0.05, 0) is 43.5 Å². The summed E-state index contributed by atoms with van der Waals surface area (Å²) in [5.41, 5.74) is -0.669. The molecule has 4 aliphatic carbocycles. The SMILES string of the molecule is O=C(CO[C@H]1C[C@@H](OC(F)(F)F)C1)NC12CC(NC(=O)c3ccc4c(F)c(F)ccc4n3)(C1)C2. The largest absolute Gasteiger partial charge is 0.522 e. The number of halogens is 5. The summed E-state index contributed by atoms with van der Waals surface area (Å²) in [6.07, 6.45) is -4.33. The van der Waals surface area contributed by atoms with E-state index < -0.39 is 47.2 Å². The molecule has 182 valence electrons. The minimum atomic E-state index is -4.68. The third kappa shape index (κ3) is 4.31. The first-order valence-electron chi connectivity index (χ1n) is 10.7. The van der Waals surface area contributed by atoms with Gasteiger partial charge in [0.05, 0.1) is 17.7 Å². The maximum absolute atomic E-state index is 13.8. The first kappa shape index (κ1) is 22.9. The van der Waals surface area contributed by atoms with Crippen LogP contribution in [0.5, 0.6) is 0 Å². The van der Waals surface area contributed by atoms with Crippen molar-refractivity contribution in [3.05, 3.63) is 41.6 Å². The highest BCUT2D eigenvalue weighted by Gasteiger charge is 2.69. The molecule has 1 aromatic carbocycles.